The number of nitrogens with zero attached hydrogens (tertiary/aromatic N) is 2. The number of rotatable bonds is 6. The summed E-state index contributed by atoms with van der Waals surface area (Å²) in [6, 6.07) is 7.14. The SMILES string of the molecule is CN(C)S(=O)(=O)c1ccc(S(=O)(=O)Nc2cccc(Cl)c2N2CCS(=O)(=O)CC2)s1. The second-order valence-electron chi connectivity index (χ2n) is 6.74. The van der Waals surface area contributed by atoms with E-state index in [1.54, 1.807) is 17.0 Å². The van der Waals surface area contributed by atoms with E-state index in [0.29, 0.717) is 17.0 Å². The summed E-state index contributed by atoms with van der Waals surface area (Å²) in [5.41, 5.74) is 0.572. The van der Waals surface area contributed by atoms with Gasteiger partial charge in [-0.15, -0.1) is 11.3 Å². The summed E-state index contributed by atoms with van der Waals surface area (Å²) >= 11 is 6.93. The molecule has 2 heterocycles. The van der Waals surface area contributed by atoms with Crippen LogP contribution in [0.1, 0.15) is 0 Å². The van der Waals surface area contributed by atoms with E-state index in [-0.39, 0.29) is 43.7 Å². The van der Waals surface area contributed by atoms with Crippen molar-refractivity contribution in [3.63, 3.8) is 0 Å². The summed E-state index contributed by atoms with van der Waals surface area (Å²) in [4.78, 5) is 1.72. The van der Waals surface area contributed by atoms with Crippen molar-refractivity contribution in [1.29, 1.82) is 0 Å². The van der Waals surface area contributed by atoms with Crippen molar-refractivity contribution in [2.24, 2.45) is 0 Å². The molecule has 2 aromatic rings. The lowest BCUT2D eigenvalue weighted by molar-refractivity contribution is 0.523. The highest BCUT2D eigenvalue weighted by Crippen LogP contribution is 2.37. The number of nitrogens with one attached hydrogen (secondary N) is 1. The molecule has 1 aromatic heterocycles. The Bertz CT molecular complexity index is 1260. The summed E-state index contributed by atoms with van der Waals surface area (Å²) in [6.45, 7) is 0.371. The first-order chi connectivity index (χ1) is 13.8. The third kappa shape index (κ3) is 4.75. The number of benzene rings is 1. The standard InChI is InChI=1S/C16H20ClN3O6S4/c1-19(2)30(25,26)15-7-6-14(27-15)29(23,24)18-13-5-3-4-12(17)16(13)20-8-10-28(21,22)11-9-20/h3-7,18H,8-11H2,1-2H3. The average Bonchev–Trinajstić information content (AvgIpc) is 3.14. The van der Waals surface area contributed by atoms with Crippen LogP contribution in [0, 0.1) is 0 Å². The van der Waals surface area contributed by atoms with Gasteiger partial charge in [0.1, 0.15) is 8.42 Å². The van der Waals surface area contributed by atoms with Crippen molar-refractivity contribution in [3.05, 3.63) is 35.4 Å². The topological polar surface area (TPSA) is 121 Å². The Balaban J connectivity index is 1.93. The molecule has 1 fully saturated rings. The third-order valence-electron chi connectivity index (χ3n) is 4.45. The maximum atomic E-state index is 12.9. The van der Waals surface area contributed by atoms with Gasteiger partial charge in [-0.05, 0) is 24.3 Å². The smallest absolute Gasteiger partial charge is 0.271 e. The van der Waals surface area contributed by atoms with E-state index in [1.165, 1.54) is 32.3 Å². The predicted octanol–water partition coefficient (Wildman–Crippen LogP) is 1.69. The van der Waals surface area contributed by atoms with Gasteiger partial charge >= 0.3 is 0 Å². The molecule has 0 amide bonds. The largest absolute Gasteiger partial charge is 0.367 e. The Morgan fingerprint density at radius 2 is 1.63 bits per heavy atom. The van der Waals surface area contributed by atoms with Crippen LogP contribution in [0.5, 0.6) is 0 Å². The van der Waals surface area contributed by atoms with Gasteiger partial charge in [0.2, 0.25) is 0 Å². The molecule has 14 heteroatoms. The minimum Gasteiger partial charge on any atom is -0.367 e. The molecule has 1 saturated heterocycles. The van der Waals surface area contributed by atoms with Gasteiger partial charge in [-0.2, -0.15) is 0 Å². The van der Waals surface area contributed by atoms with E-state index in [1.807, 2.05) is 0 Å². The minimum absolute atomic E-state index is 0.0545. The van der Waals surface area contributed by atoms with Crippen LogP contribution < -0.4 is 9.62 Å². The fourth-order valence-electron chi connectivity index (χ4n) is 2.82. The molecule has 0 bridgehead atoms. The van der Waals surface area contributed by atoms with Crippen molar-refractivity contribution in [1.82, 2.24) is 4.31 Å². The lowest BCUT2D eigenvalue weighted by atomic mass is 10.2. The van der Waals surface area contributed by atoms with Gasteiger partial charge in [-0.3, -0.25) is 4.72 Å². The molecule has 1 aliphatic heterocycles. The van der Waals surface area contributed by atoms with Crippen molar-refractivity contribution >= 4 is 64.2 Å². The number of halogens is 1. The highest BCUT2D eigenvalue weighted by Gasteiger charge is 2.28. The van der Waals surface area contributed by atoms with Crippen LogP contribution in [0.2, 0.25) is 5.02 Å². The van der Waals surface area contributed by atoms with Gasteiger partial charge in [0.25, 0.3) is 20.0 Å². The molecule has 0 saturated carbocycles. The monoisotopic (exact) mass is 513 g/mol. The number of anilines is 2. The highest BCUT2D eigenvalue weighted by molar-refractivity contribution is 7.96. The molecule has 0 atom stereocenters. The minimum atomic E-state index is -4.10. The summed E-state index contributed by atoms with van der Waals surface area (Å²) in [6.07, 6.45) is 0. The molecule has 1 aliphatic rings. The van der Waals surface area contributed by atoms with Crippen molar-refractivity contribution in [3.8, 4) is 0 Å². The molecule has 0 radical (unpaired) electrons. The highest BCUT2D eigenvalue weighted by atomic mass is 35.5. The van der Waals surface area contributed by atoms with E-state index >= 15 is 0 Å². The first-order valence-electron chi connectivity index (χ1n) is 8.62. The van der Waals surface area contributed by atoms with E-state index in [4.69, 9.17) is 11.6 Å². The van der Waals surface area contributed by atoms with Crippen LogP contribution >= 0.6 is 22.9 Å². The molecule has 1 aromatic carbocycles. The van der Waals surface area contributed by atoms with Gasteiger partial charge in [0.05, 0.1) is 27.9 Å². The molecule has 0 unspecified atom stereocenters. The predicted molar refractivity (Wildman–Crippen MR) is 118 cm³/mol. The first kappa shape index (κ1) is 23.3. The van der Waals surface area contributed by atoms with Gasteiger partial charge in [0, 0.05) is 27.2 Å². The van der Waals surface area contributed by atoms with Crippen LogP contribution in [0.3, 0.4) is 0 Å². The maximum Gasteiger partial charge on any atom is 0.271 e. The second-order valence-corrected chi connectivity index (χ2v) is 14.8. The lowest BCUT2D eigenvalue weighted by Crippen LogP contribution is -2.40. The number of hydrogen-bond donors (Lipinski definition) is 1. The third-order valence-corrected chi connectivity index (χ3v) is 11.6. The van der Waals surface area contributed by atoms with Crippen molar-refractivity contribution < 1.29 is 25.3 Å². The fourth-order valence-corrected chi connectivity index (χ4v) is 8.31. The van der Waals surface area contributed by atoms with Crippen LogP contribution in [0.4, 0.5) is 11.4 Å². The van der Waals surface area contributed by atoms with E-state index in [0.717, 1.165) is 4.31 Å². The quantitative estimate of drug-likeness (QED) is 0.623. The zero-order valence-corrected chi connectivity index (χ0v) is 20.1. The Kier molecular flexibility index (Phi) is 6.43. The summed E-state index contributed by atoms with van der Waals surface area (Å²) in [7, 11) is -8.27. The lowest BCUT2D eigenvalue weighted by Gasteiger charge is -2.31. The van der Waals surface area contributed by atoms with Gasteiger partial charge < -0.3 is 4.90 Å². The summed E-state index contributed by atoms with van der Waals surface area (Å²) < 4.78 is 76.9. The molecule has 9 nitrogen and oxygen atoms in total. The molecule has 0 aliphatic carbocycles. The van der Waals surface area contributed by atoms with E-state index in [2.05, 4.69) is 4.72 Å². The average molecular weight is 514 g/mol. The number of thiophene rings is 1. The molecular formula is C16H20ClN3O6S4. The Morgan fingerprint density at radius 3 is 2.23 bits per heavy atom. The molecule has 3 rings (SSSR count). The summed E-state index contributed by atoms with van der Waals surface area (Å²) in [5, 5.41) is 0.275. The number of sulfonamides is 2. The number of sulfone groups is 1. The van der Waals surface area contributed by atoms with E-state index < -0.39 is 29.9 Å². The first-order valence-corrected chi connectivity index (χ1v) is 14.6. The zero-order chi connectivity index (χ0) is 22.3. The fraction of sp³-hybridized carbons (Fsp3) is 0.375. The summed E-state index contributed by atoms with van der Waals surface area (Å²) in [5.74, 6) is -0.109. The Labute approximate surface area is 185 Å². The van der Waals surface area contributed by atoms with Gasteiger partial charge in [0.15, 0.2) is 9.84 Å². The maximum absolute atomic E-state index is 12.9. The van der Waals surface area contributed by atoms with Gasteiger partial charge in [-0.25, -0.2) is 29.6 Å². The molecule has 166 valence electrons. The molecular weight excluding hydrogens is 494 g/mol. The molecule has 30 heavy (non-hydrogen) atoms. The van der Waals surface area contributed by atoms with Crippen molar-refractivity contribution in [2.45, 2.75) is 8.42 Å². The number of hydrogen-bond acceptors (Lipinski definition) is 8. The van der Waals surface area contributed by atoms with Crippen molar-refractivity contribution in [2.75, 3.05) is 48.3 Å². The Hall–Kier alpha value is -1.38. The van der Waals surface area contributed by atoms with Crippen LogP contribution in [-0.4, -0.2) is 68.2 Å². The zero-order valence-electron chi connectivity index (χ0n) is 16.1. The molecule has 1 N–H and O–H groups in total. The van der Waals surface area contributed by atoms with Crippen LogP contribution in [0.25, 0.3) is 0 Å². The second kappa shape index (κ2) is 8.28. The molecule has 0 spiro atoms. The van der Waals surface area contributed by atoms with Crippen LogP contribution in [0.15, 0.2) is 38.8 Å². The van der Waals surface area contributed by atoms with Crippen LogP contribution in [-0.2, 0) is 29.9 Å². The number of para-hydroxylation sites is 1. The normalized spacial score (nSPS) is 17.3. The van der Waals surface area contributed by atoms with E-state index in [9.17, 15) is 25.3 Å². The Morgan fingerprint density at radius 1 is 1.03 bits per heavy atom. The van der Waals surface area contributed by atoms with Gasteiger partial charge in [-0.1, -0.05) is 17.7 Å².